The van der Waals surface area contributed by atoms with Crippen LogP contribution in [0.25, 0.3) is 5.65 Å². The molecule has 1 saturated carbocycles. The molecule has 0 spiro atoms. The normalized spacial score (nSPS) is 15.9. The molecule has 0 aliphatic heterocycles. The fourth-order valence-electron chi connectivity index (χ4n) is 2.01. The molecular formula is C12H14ClN3. The second-order valence-electron chi connectivity index (χ2n) is 4.37. The summed E-state index contributed by atoms with van der Waals surface area (Å²) in [7, 11) is 0. The van der Waals surface area contributed by atoms with Gasteiger partial charge in [0.2, 0.25) is 0 Å². The molecule has 2 aromatic heterocycles. The molecule has 1 fully saturated rings. The zero-order valence-electron chi connectivity index (χ0n) is 8.99. The molecule has 1 aliphatic rings. The van der Waals surface area contributed by atoms with Crippen molar-refractivity contribution >= 4 is 17.2 Å². The zero-order valence-corrected chi connectivity index (χ0v) is 9.74. The van der Waals surface area contributed by atoms with Crippen LogP contribution in [0.15, 0.2) is 18.3 Å². The lowest BCUT2D eigenvalue weighted by Gasteiger charge is -2.00. The molecule has 4 heteroatoms. The van der Waals surface area contributed by atoms with E-state index in [1.165, 1.54) is 18.4 Å². The SMILES string of the molecule is NCCc1ccc2nc(C3CC3)c(Cl)n2c1. The molecule has 2 heterocycles. The number of pyridine rings is 1. The molecule has 0 aromatic carbocycles. The molecular weight excluding hydrogens is 222 g/mol. The fourth-order valence-corrected chi connectivity index (χ4v) is 2.34. The Morgan fingerprint density at radius 1 is 1.44 bits per heavy atom. The van der Waals surface area contributed by atoms with Gasteiger partial charge in [0.25, 0.3) is 0 Å². The van der Waals surface area contributed by atoms with Crippen LogP contribution in [0.5, 0.6) is 0 Å². The summed E-state index contributed by atoms with van der Waals surface area (Å²) >= 11 is 6.33. The Morgan fingerprint density at radius 2 is 2.25 bits per heavy atom. The zero-order chi connectivity index (χ0) is 11.1. The van der Waals surface area contributed by atoms with Crippen LogP contribution in [0.4, 0.5) is 0 Å². The second-order valence-corrected chi connectivity index (χ2v) is 4.72. The van der Waals surface area contributed by atoms with Crippen molar-refractivity contribution in [2.75, 3.05) is 6.54 Å². The van der Waals surface area contributed by atoms with Crippen LogP contribution >= 0.6 is 11.6 Å². The molecule has 3 nitrogen and oxygen atoms in total. The van der Waals surface area contributed by atoms with Crippen molar-refractivity contribution in [2.24, 2.45) is 5.73 Å². The van der Waals surface area contributed by atoms with Crippen molar-refractivity contribution in [3.8, 4) is 0 Å². The molecule has 0 amide bonds. The van der Waals surface area contributed by atoms with Crippen LogP contribution in [0.3, 0.4) is 0 Å². The van der Waals surface area contributed by atoms with E-state index in [1.54, 1.807) is 0 Å². The highest BCUT2D eigenvalue weighted by molar-refractivity contribution is 6.30. The summed E-state index contributed by atoms with van der Waals surface area (Å²) < 4.78 is 1.97. The maximum absolute atomic E-state index is 6.33. The molecule has 84 valence electrons. The van der Waals surface area contributed by atoms with E-state index < -0.39 is 0 Å². The largest absolute Gasteiger partial charge is 0.330 e. The first-order valence-corrected chi connectivity index (χ1v) is 6.04. The first-order valence-electron chi connectivity index (χ1n) is 5.66. The summed E-state index contributed by atoms with van der Waals surface area (Å²) in [5.41, 5.74) is 8.75. The van der Waals surface area contributed by atoms with Crippen molar-refractivity contribution in [3.63, 3.8) is 0 Å². The van der Waals surface area contributed by atoms with Crippen molar-refractivity contribution in [1.29, 1.82) is 0 Å². The van der Waals surface area contributed by atoms with Crippen molar-refractivity contribution < 1.29 is 0 Å². The van der Waals surface area contributed by atoms with Gasteiger partial charge in [-0.2, -0.15) is 0 Å². The number of fused-ring (bicyclic) bond motifs is 1. The summed E-state index contributed by atoms with van der Waals surface area (Å²) in [4.78, 5) is 4.58. The van der Waals surface area contributed by atoms with Crippen molar-refractivity contribution in [2.45, 2.75) is 25.2 Å². The fraction of sp³-hybridized carbons (Fsp3) is 0.417. The van der Waals surface area contributed by atoms with Gasteiger partial charge in [0, 0.05) is 12.1 Å². The van der Waals surface area contributed by atoms with Gasteiger partial charge < -0.3 is 5.73 Å². The van der Waals surface area contributed by atoms with Gasteiger partial charge in [0.15, 0.2) is 0 Å². The van der Waals surface area contributed by atoms with Gasteiger partial charge in [0.1, 0.15) is 10.8 Å². The third kappa shape index (κ3) is 1.60. The van der Waals surface area contributed by atoms with Crippen molar-refractivity contribution in [3.05, 3.63) is 34.7 Å². The molecule has 16 heavy (non-hydrogen) atoms. The highest BCUT2D eigenvalue weighted by Crippen LogP contribution is 2.42. The van der Waals surface area contributed by atoms with Crippen LogP contribution in [0.1, 0.15) is 30.0 Å². The van der Waals surface area contributed by atoms with Crippen LogP contribution in [0, 0.1) is 0 Å². The second kappa shape index (κ2) is 3.75. The topological polar surface area (TPSA) is 43.3 Å². The van der Waals surface area contributed by atoms with Crippen molar-refractivity contribution in [1.82, 2.24) is 9.38 Å². The Hall–Kier alpha value is -1.06. The number of nitrogens with two attached hydrogens (primary N) is 1. The molecule has 0 saturated heterocycles. The Bertz CT molecular complexity index is 528. The van der Waals surface area contributed by atoms with E-state index in [1.807, 2.05) is 16.7 Å². The minimum Gasteiger partial charge on any atom is -0.330 e. The average molecular weight is 236 g/mol. The molecule has 0 bridgehead atoms. The molecule has 2 N–H and O–H groups in total. The third-order valence-electron chi connectivity index (χ3n) is 3.04. The van der Waals surface area contributed by atoms with Gasteiger partial charge in [0.05, 0.1) is 5.69 Å². The minimum absolute atomic E-state index is 0.588. The highest BCUT2D eigenvalue weighted by Gasteiger charge is 2.29. The third-order valence-corrected chi connectivity index (χ3v) is 3.42. The minimum atomic E-state index is 0.588. The first kappa shape index (κ1) is 10.1. The number of aromatic nitrogens is 2. The van der Waals surface area contributed by atoms with Gasteiger partial charge in [-0.15, -0.1) is 0 Å². The molecule has 0 unspecified atom stereocenters. The lowest BCUT2D eigenvalue weighted by molar-refractivity contribution is 0.951. The maximum Gasteiger partial charge on any atom is 0.138 e. The highest BCUT2D eigenvalue weighted by atomic mass is 35.5. The molecule has 0 atom stereocenters. The Labute approximate surface area is 99.2 Å². The Morgan fingerprint density at radius 3 is 2.94 bits per heavy atom. The van der Waals surface area contributed by atoms with E-state index >= 15 is 0 Å². The Balaban J connectivity index is 2.11. The predicted molar refractivity (Wildman–Crippen MR) is 64.9 cm³/mol. The van der Waals surface area contributed by atoms with Gasteiger partial charge in [-0.1, -0.05) is 17.7 Å². The number of rotatable bonds is 3. The Kier molecular flexibility index (Phi) is 2.37. The van der Waals surface area contributed by atoms with Gasteiger partial charge in [-0.25, -0.2) is 4.98 Å². The summed E-state index contributed by atoms with van der Waals surface area (Å²) in [6, 6.07) is 4.09. The molecule has 0 radical (unpaired) electrons. The van der Waals surface area contributed by atoms with E-state index in [9.17, 15) is 0 Å². The number of hydrogen-bond donors (Lipinski definition) is 1. The van der Waals surface area contributed by atoms with Gasteiger partial charge >= 0.3 is 0 Å². The number of imidazole rings is 1. The maximum atomic E-state index is 6.33. The lowest BCUT2D eigenvalue weighted by Crippen LogP contribution is -2.03. The van der Waals surface area contributed by atoms with Gasteiger partial charge in [-0.3, -0.25) is 4.40 Å². The van der Waals surface area contributed by atoms with Crippen LogP contribution in [-0.4, -0.2) is 15.9 Å². The summed E-state index contributed by atoms with van der Waals surface area (Å²) in [6.07, 6.45) is 5.37. The summed E-state index contributed by atoms with van der Waals surface area (Å²) in [5.74, 6) is 0.588. The monoisotopic (exact) mass is 235 g/mol. The van der Waals surface area contributed by atoms with Gasteiger partial charge in [-0.05, 0) is 37.4 Å². The number of halogens is 1. The van der Waals surface area contributed by atoms with E-state index in [-0.39, 0.29) is 0 Å². The quantitative estimate of drug-likeness (QED) is 0.888. The molecule has 3 rings (SSSR count). The van der Waals surface area contributed by atoms with E-state index in [0.29, 0.717) is 12.5 Å². The summed E-state index contributed by atoms with van der Waals surface area (Å²) in [5, 5.41) is 0.774. The standard InChI is InChI=1S/C12H14ClN3/c13-12-11(9-2-3-9)15-10-4-1-8(5-6-14)7-16(10)12/h1,4,7,9H,2-3,5-6,14H2. The van der Waals surface area contributed by atoms with E-state index in [0.717, 1.165) is 22.9 Å². The smallest absolute Gasteiger partial charge is 0.138 e. The molecule has 2 aromatic rings. The first-order chi connectivity index (χ1) is 7.79. The van der Waals surface area contributed by atoms with Crippen LogP contribution < -0.4 is 5.73 Å². The molecule has 1 aliphatic carbocycles. The van der Waals surface area contributed by atoms with Crippen LogP contribution in [0.2, 0.25) is 5.15 Å². The number of hydrogen-bond acceptors (Lipinski definition) is 2. The van der Waals surface area contributed by atoms with Crippen LogP contribution in [-0.2, 0) is 6.42 Å². The van der Waals surface area contributed by atoms with E-state index in [2.05, 4.69) is 11.1 Å². The predicted octanol–water partition coefficient (Wildman–Crippen LogP) is 2.37. The summed E-state index contributed by atoms with van der Waals surface area (Å²) in [6.45, 7) is 0.660. The van der Waals surface area contributed by atoms with E-state index in [4.69, 9.17) is 17.3 Å². The lowest BCUT2D eigenvalue weighted by atomic mass is 10.2. The average Bonchev–Trinajstić information content (AvgIpc) is 3.07. The number of nitrogens with zero attached hydrogens (tertiary/aromatic N) is 2.